The van der Waals surface area contributed by atoms with Gasteiger partial charge in [0.2, 0.25) is 0 Å². The minimum absolute atomic E-state index is 0.0860. The number of ketones is 2. The minimum atomic E-state index is -1.59. The maximum Gasteiger partial charge on any atom is 0.256 e. The summed E-state index contributed by atoms with van der Waals surface area (Å²) in [5, 5.41) is 10.7. The summed E-state index contributed by atoms with van der Waals surface area (Å²) in [7, 11) is 0. The molecule has 1 aromatic carbocycles. The van der Waals surface area contributed by atoms with Crippen LogP contribution in [0.15, 0.2) is 35.6 Å². The normalized spacial score (nSPS) is 32.8. The van der Waals surface area contributed by atoms with Crippen LogP contribution in [0.25, 0.3) is 0 Å². The first-order chi connectivity index (χ1) is 11.1. The number of benzene rings is 1. The van der Waals surface area contributed by atoms with Gasteiger partial charge in [0.05, 0.1) is 16.9 Å². The molecule has 0 aromatic heterocycles. The van der Waals surface area contributed by atoms with Crippen molar-refractivity contribution in [3.8, 4) is 5.75 Å². The molecule has 2 aliphatic heterocycles. The van der Waals surface area contributed by atoms with Crippen molar-refractivity contribution < 1.29 is 24.2 Å². The number of Topliss-reactive ketones (excluding diaryl/α,β-unsaturated/α-hetero) is 2. The Balaban J connectivity index is 2.05. The van der Waals surface area contributed by atoms with E-state index in [1.165, 1.54) is 0 Å². The third kappa shape index (κ3) is 1.53. The average Bonchev–Trinajstić information content (AvgIpc) is 2.52. The third-order valence-electron chi connectivity index (χ3n) is 5.59. The van der Waals surface area contributed by atoms with Crippen molar-refractivity contribution in [2.45, 2.75) is 46.0 Å². The topological polar surface area (TPSA) is 72.8 Å². The fourth-order valence-corrected chi connectivity index (χ4v) is 4.22. The molecule has 5 heteroatoms. The van der Waals surface area contributed by atoms with Gasteiger partial charge < -0.3 is 14.6 Å². The van der Waals surface area contributed by atoms with E-state index >= 15 is 0 Å². The van der Waals surface area contributed by atoms with Crippen LogP contribution in [0.3, 0.4) is 0 Å². The second-order valence-corrected chi connectivity index (χ2v) is 7.79. The predicted molar refractivity (Wildman–Crippen MR) is 85.5 cm³/mol. The Morgan fingerprint density at radius 1 is 1.12 bits per heavy atom. The molecule has 1 saturated heterocycles. The molecule has 126 valence electrons. The molecule has 4 rings (SSSR count). The third-order valence-corrected chi connectivity index (χ3v) is 5.59. The van der Waals surface area contributed by atoms with Gasteiger partial charge in [-0.15, -0.1) is 0 Å². The van der Waals surface area contributed by atoms with Crippen LogP contribution in [-0.4, -0.2) is 22.5 Å². The fourth-order valence-electron chi connectivity index (χ4n) is 4.22. The van der Waals surface area contributed by atoms with E-state index in [2.05, 4.69) is 0 Å². The zero-order valence-corrected chi connectivity index (χ0v) is 14.2. The first-order valence-corrected chi connectivity index (χ1v) is 8.11. The van der Waals surface area contributed by atoms with Crippen molar-refractivity contribution in [2.75, 3.05) is 0 Å². The van der Waals surface area contributed by atoms with E-state index in [9.17, 15) is 14.7 Å². The number of carbonyl (C=O) groups excluding carboxylic acids is 2. The van der Waals surface area contributed by atoms with Gasteiger partial charge in [0.15, 0.2) is 11.6 Å². The Morgan fingerprint density at radius 3 is 2.50 bits per heavy atom. The molecular formula is C19H20O5. The quantitative estimate of drug-likeness (QED) is 0.791. The molecule has 2 bridgehead atoms. The van der Waals surface area contributed by atoms with E-state index in [0.29, 0.717) is 5.75 Å². The second-order valence-electron chi connectivity index (χ2n) is 7.79. The smallest absolute Gasteiger partial charge is 0.256 e. The molecule has 5 nitrogen and oxygen atoms in total. The molecule has 2 unspecified atom stereocenters. The van der Waals surface area contributed by atoms with Gasteiger partial charge in [-0.1, -0.05) is 18.2 Å². The van der Waals surface area contributed by atoms with Gasteiger partial charge in [-0.25, -0.2) is 0 Å². The molecule has 1 aliphatic carbocycles. The molecule has 1 fully saturated rings. The van der Waals surface area contributed by atoms with Crippen LogP contribution in [0.2, 0.25) is 0 Å². The first kappa shape index (κ1) is 15.4. The Hall–Kier alpha value is -2.14. The predicted octanol–water partition coefficient (Wildman–Crippen LogP) is 3.25. The van der Waals surface area contributed by atoms with Gasteiger partial charge in [-0.05, 0) is 33.8 Å². The number of rotatable bonds is 0. The lowest BCUT2D eigenvalue weighted by atomic mass is 9.58. The van der Waals surface area contributed by atoms with Crippen LogP contribution in [0, 0.1) is 10.8 Å². The van der Waals surface area contributed by atoms with Crippen molar-refractivity contribution in [2.24, 2.45) is 10.8 Å². The van der Waals surface area contributed by atoms with Crippen LogP contribution in [0.5, 0.6) is 5.75 Å². The van der Waals surface area contributed by atoms with Gasteiger partial charge in [-0.3, -0.25) is 9.59 Å². The largest absolute Gasteiger partial charge is 0.511 e. The maximum atomic E-state index is 13.1. The molecule has 3 aliphatic rings. The summed E-state index contributed by atoms with van der Waals surface area (Å²) in [5.74, 6) is -1.68. The molecule has 1 spiro atoms. The molecule has 0 saturated carbocycles. The lowest BCUT2D eigenvalue weighted by Crippen LogP contribution is -2.67. The number of fused-ring (bicyclic) bond motifs is 3. The molecule has 2 heterocycles. The summed E-state index contributed by atoms with van der Waals surface area (Å²) < 4.78 is 12.3. The average molecular weight is 328 g/mol. The Bertz CT molecular complexity index is 817. The number of ether oxygens (including phenoxy) is 2. The number of carbonyl (C=O) groups is 2. The van der Waals surface area contributed by atoms with Crippen LogP contribution < -0.4 is 4.74 Å². The highest BCUT2D eigenvalue weighted by Gasteiger charge is 2.70. The molecular weight excluding hydrogens is 308 g/mol. The number of para-hydroxylation sites is 1. The summed E-state index contributed by atoms with van der Waals surface area (Å²) in [4.78, 5) is 25.9. The molecule has 0 amide bonds. The van der Waals surface area contributed by atoms with Crippen LogP contribution in [0.4, 0.5) is 0 Å². The van der Waals surface area contributed by atoms with Gasteiger partial charge in [0.1, 0.15) is 17.1 Å². The van der Waals surface area contributed by atoms with Crippen molar-refractivity contribution in [3.05, 3.63) is 41.2 Å². The second kappa shape index (κ2) is 4.28. The zero-order valence-electron chi connectivity index (χ0n) is 14.2. The summed E-state index contributed by atoms with van der Waals surface area (Å²) in [5.41, 5.74) is -1.40. The van der Waals surface area contributed by atoms with E-state index < -0.39 is 22.7 Å². The van der Waals surface area contributed by atoms with Crippen LogP contribution in [0.1, 0.15) is 45.8 Å². The Morgan fingerprint density at radius 2 is 1.79 bits per heavy atom. The standard InChI is InChI=1S/C19H20O5/c1-17(2)15(21)14-11(20)9-13-10-7-5-6-8-12(10)23-19(14,24-13)18(3,4)16(17)22/h5-8,13,21H,9H2,1-4H3. The highest BCUT2D eigenvalue weighted by Crippen LogP contribution is 2.60. The highest BCUT2D eigenvalue weighted by molar-refractivity contribution is 6.06. The zero-order chi connectivity index (χ0) is 17.5. The van der Waals surface area contributed by atoms with E-state index in [1.807, 2.05) is 18.2 Å². The van der Waals surface area contributed by atoms with Crippen molar-refractivity contribution >= 4 is 11.6 Å². The molecule has 1 N–H and O–H groups in total. The van der Waals surface area contributed by atoms with Crippen molar-refractivity contribution in [1.29, 1.82) is 0 Å². The summed E-state index contributed by atoms with van der Waals surface area (Å²) in [6, 6.07) is 7.36. The summed E-state index contributed by atoms with van der Waals surface area (Å²) in [6.45, 7) is 6.69. The number of allylic oxidation sites excluding steroid dienone is 1. The van der Waals surface area contributed by atoms with Gasteiger partial charge in [0.25, 0.3) is 5.79 Å². The van der Waals surface area contributed by atoms with E-state index in [-0.39, 0.29) is 29.3 Å². The van der Waals surface area contributed by atoms with Crippen molar-refractivity contribution in [3.63, 3.8) is 0 Å². The molecule has 0 radical (unpaired) electrons. The number of hydrogen-bond donors (Lipinski definition) is 1. The van der Waals surface area contributed by atoms with Crippen molar-refractivity contribution in [1.82, 2.24) is 0 Å². The van der Waals surface area contributed by atoms with Crippen LogP contribution in [-0.2, 0) is 14.3 Å². The SMILES string of the molecule is CC1(C)C(=O)C(C)(C)C23Oc4ccccc4C(CC(=O)C2=C1O)O3. The maximum absolute atomic E-state index is 13.1. The minimum Gasteiger partial charge on any atom is -0.511 e. The van der Waals surface area contributed by atoms with Gasteiger partial charge >= 0.3 is 0 Å². The number of hydrogen-bond acceptors (Lipinski definition) is 5. The lowest BCUT2D eigenvalue weighted by Gasteiger charge is -2.56. The Labute approximate surface area is 140 Å². The number of aliphatic hydroxyl groups excluding tert-OH is 1. The summed E-state index contributed by atoms with van der Waals surface area (Å²) >= 11 is 0. The molecule has 1 aromatic rings. The van der Waals surface area contributed by atoms with Gasteiger partial charge in [0, 0.05) is 12.0 Å². The van der Waals surface area contributed by atoms with E-state index in [0.717, 1.165) is 5.56 Å². The monoisotopic (exact) mass is 328 g/mol. The van der Waals surface area contributed by atoms with Crippen LogP contribution >= 0.6 is 0 Å². The highest BCUT2D eigenvalue weighted by atomic mass is 16.7. The van der Waals surface area contributed by atoms with E-state index in [4.69, 9.17) is 9.47 Å². The lowest BCUT2D eigenvalue weighted by molar-refractivity contribution is -0.270. The molecule has 2 atom stereocenters. The van der Waals surface area contributed by atoms with Gasteiger partial charge in [-0.2, -0.15) is 0 Å². The first-order valence-electron chi connectivity index (χ1n) is 8.11. The summed E-state index contributed by atoms with van der Waals surface area (Å²) in [6.07, 6.45) is -0.353. The van der Waals surface area contributed by atoms with E-state index in [1.54, 1.807) is 33.8 Å². The number of aliphatic hydroxyl groups is 1. The Kier molecular flexibility index (Phi) is 2.74. The fraction of sp³-hybridized carbons (Fsp3) is 0.474. The molecule has 24 heavy (non-hydrogen) atoms.